The molecule has 0 aliphatic carbocycles. The Morgan fingerprint density at radius 1 is 0.806 bits per heavy atom. The summed E-state index contributed by atoms with van der Waals surface area (Å²) in [5.74, 6) is -0.503. The molecule has 1 aliphatic rings. The van der Waals surface area contributed by atoms with Crippen molar-refractivity contribution in [3.63, 3.8) is 0 Å². The second-order valence-electron chi connectivity index (χ2n) is 7.59. The number of halogens is 2. The number of nitrogens with one attached hydrogen (secondary N) is 1. The first-order chi connectivity index (χ1) is 14.8. The molecular weight excluding hydrogens is 431 g/mol. The predicted molar refractivity (Wildman–Crippen MR) is 126 cm³/mol. The van der Waals surface area contributed by atoms with Crippen molar-refractivity contribution in [1.29, 1.82) is 0 Å². The van der Waals surface area contributed by atoms with Gasteiger partial charge in [-0.05, 0) is 47.4 Å². The zero-order valence-corrected chi connectivity index (χ0v) is 18.5. The molecule has 3 aromatic carbocycles. The van der Waals surface area contributed by atoms with Crippen LogP contribution < -0.4 is 10.2 Å². The van der Waals surface area contributed by atoms with Crippen molar-refractivity contribution in [3.05, 3.63) is 99.7 Å². The number of hydrogen-bond donors (Lipinski definition) is 1. The third-order valence-electron chi connectivity index (χ3n) is 5.10. The van der Waals surface area contributed by atoms with Gasteiger partial charge in [-0.2, -0.15) is 0 Å². The molecule has 0 aromatic heterocycles. The van der Waals surface area contributed by atoms with E-state index in [0.717, 1.165) is 10.6 Å². The molecule has 156 valence electrons. The van der Waals surface area contributed by atoms with Crippen molar-refractivity contribution in [2.75, 3.05) is 10.2 Å². The van der Waals surface area contributed by atoms with Crippen LogP contribution in [0.25, 0.3) is 5.57 Å². The van der Waals surface area contributed by atoms with Crippen LogP contribution in [0, 0.1) is 0 Å². The maximum absolute atomic E-state index is 13.4. The lowest BCUT2D eigenvalue weighted by molar-refractivity contribution is -0.120. The highest BCUT2D eigenvalue weighted by atomic mass is 35.5. The Morgan fingerprint density at radius 2 is 1.42 bits per heavy atom. The zero-order chi connectivity index (χ0) is 22.1. The maximum atomic E-state index is 13.4. The number of carbonyl (C=O) groups is 2. The van der Waals surface area contributed by atoms with Crippen molar-refractivity contribution < 1.29 is 9.59 Å². The third kappa shape index (κ3) is 4.22. The van der Waals surface area contributed by atoms with Gasteiger partial charge in [0.25, 0.3) is 11.8 Å². The highest BCUT2D eigenvalue weighted by Gasteiger charge is 2.40. The molecule has 31 heavy (non-hydrogen) atoms. The molecule has 0 bridgehead atoms. The van der Waals surface area contributed by atoms with E-state index in [1.165, 1.54) is 5.56 Å². The number of hydrogen-bond acceptors (Lipinski definition) is 3. The average molecular weight is 451 g/mol. The monoisotopic (exact) mass is 450 g/mol. The third-order valence-corrected chi connectivity index (χ3v) is 5.54. The van der Waals surface area contributed by atoms with Crippen molar-refractivity contribution in [3.8, 4) is 0 Å². The minimum absolute atomic E-state index is 0.213. The molecule has 4 rings (SSSR count). The molecular formula is C25H20Cl2N2O2. The fraction of sp³-hybridized carbons (Fsp3) is 0.120. The van der Waals surface area contributed by atoms with E-state index in [1.807, 2.05) is 42.5 Å². The molecule has 4 nitrogen and oxygen atoms in total. The lowest BCUT2D eigenvalue weighted by atomic mass is 10.0. The highest BCUT2D eigenvalue weighted by Crippen LogP contribution is 2.36. The van der Waals surface area contributed by atoms with Gasteiger partial charge in [-0.1, -0.05) is 79.5 Å². The molecule has 0 spiro atoms. The first-order valence-electron chi connectivity index (χ1n) is 9.86. The van der Waals surface area contributed by atoms with E-state index >= 15 is 0 Å². The number of nitrogens with zero attached hydrogens (tertiary/aromatic N) is 1. The molecule has 0 radical (unpaired) electrons. The number of carbonyl (C=O) groups excluding carboxylic acids is 2. The van der Waals surface area contributed by atoms with E-state index in [9.17, 15) is 9.59 Å². The Kier molecular flexibility index (Phi) is 5.86. The van der Waals surface area contributed by atoms with E-state index in [-0.39, 0.29) is 5.70 Å². The number of anilines is 2. The molecule has 1 heterocycles. The Hall–Kier alpha value is -3.08. The molecule has 2 amide bonds. The van der Waals surface area contributed by atoms with Crippen LogP contribution in [0.5, 0.6) is 0 Å². The predicted octanol–water partition coefficient (Wildman–Crippen LogP) is 6.51. The van der Waals surface area contributed by atoms with Gasteiger partial charge in [0.1, 0.15) is 5.70 Å². The summed E-state index contributed by atoms with van der Waals surface area (Å²) in [6.45, 7) is 4.23. The summed E-state index contributed by atoms with van der Waals surface area (Å²) < 4.78 is 0. The van der Waals surface area contributed by atoms with Crippen LogP contribution in [0.15, 0.2) is 78.5 Å². The normalized spacial score (nSPS) is 14.0. The summed E-state index contributed by atoms with van der Waals surface area (Å²) in [7, 11) is 0. The van der Waals surface area contributed by atoms with Gasteiger partial charge in [-0.25, -0.2) is 4.90 Å². The molecule has 0 saturated carbocycles. The topological polar surface area (TPSA) is 49.4 Å². The van der Waals surface area contributed by atoms with E-state index in [1.54, 1.807) is 30.3 Å². The molecule has 3 aromatic rings. The smallest absolute Gasteiger partial charge is 0.282 e. The quantitative estimate of drug-likeness (QED) is 0.450. The van der Waals surface area contributed by atoms with E-state index in [4.69, 9.17) is 23.2 Å². The Labute approximate surface area is 191 Å². The largest absolute Gasteiger partial charge is 0.350 e. The maximum Gasteiger partial charge on any atom is 0.282 e. The Morgan fingerprint density at radius 3 is 2.00 bits per heavy atom. The summed E-state index contributed by atoms with van der Waals surface area (Å²) >= 11 is 12.2. The molecule has 0 atom stereocenters. The Balaban J connectivity index is 1.78. The van der Waals surface area contributed by atoms with Crippen LogP contribution in [-0.4, -0.2) is 11.8 Å². The number of benzene rings is 3. The SMILES string of the molecule is CC(C)c1ccc(NC2=C(c3ccccc3)C(=O)N(c3cc(Cl)cc(Cl)c3)C2=O)cc1. The fourth-order valence-corrected chi connectivity index (χ4v) is 4.03. The van der Waals surface area contributed by atoms with Gasteiger partial charge in [0.15, 0.2) is 0 Å². The van der Waals surface area contributed by atoms with Crippen LogP contribution in [-0.2, 0) is 9.59 Å². The second-order valence-corrected chi connectivity index (χ2v) is 8.46. The number of rotatable bonds is 5. The van der Waals surface area contributed by atoms with Crippen LogP contribution in [0.2, 0.25) is 10.0 Å². The molecule has 0 unspecified atom stereocenters. The highest BCUT2D eigenvalue weighted by molar-refractivity contribution is 6.46. The molecule has 1 aliphatic heterocycles. The minimum atomic E-state index is -0.463. The van der Waals surface area contributed by atoms with Crippen molar-refractivity contribution >= 4 is 52.0 Å². The molecule has 0 saturated heterocycles. The van der Waals surface area contributed by atoms with Crippen molar-refractivity contribution in [2.45, 2.75) is 19.8 Å². The van der Waals surface area contributed by atoms with Gasteiger partial charge >= 0.3 is 0 Å². The zero-order valence-electron chi connectivity index (χ0n) is 17.0. The van der Waals surface area contributed by atoms with Crippen molar-refractivity contribution in [2.24, 2.45) is 0 Å². The van der Waals surface area contributed by atoms with Crippen LogP contribution in [0.1, 0.15) is 30.9 Å². The van der Waals surface area contributed by atoms with Gasteiger partial charge in [0, 0.05) is 15.7 Å². The average Bonchev–Trinajstić information content (AvgIpc) is 2.98. The summed E-state index contributed by atoms with van der Waals surface area (Å²) in [5, 5.41) is 3.85. The van der Waals surface area contributed by atoms with Gasteiger partial charge in [0.05, 0.1) is 11.3 Å². The summed E-state index contributed by atoms with van der Waals surface area (Å²) in [4.78, 5) is 27.9. The summed E-state index contributed by atoms with van der Waals surface area (Å²) in [6.07, 6.45) is 0. The van der Waals surface area contributed by atoms with Gasteiger partial charge < -0.3 is 5.32 Å². The lowest BCUT2D eigenvalue weighted by Gasteiger charge is -2.16. The van der Waals surface area contributed by atoms with Gasteiger partial charge in [-0.15, -0.1) is 0 Å². The number of imide groups is 1. The summed E-state index contributed by atoms with van der Waals surface area (Å²) in [6, 6.07) is 21.6. The second kappa shape index (κ2) is 8.58. The lowest BCUT2D eigenvalue weighted by Crippen LogP contribution is -2.32. The fourth-order valence-electron chi connectivity index (χ4n) is 3.52. The van der Waals surface area contributed by atoms with Crippen LogP contribution in [0.4, 0.5) is 11.4 Å². The van der Waals surface area contributed by atoms with E-state index in [0.29, 0.717) is 32.8 Å². The van der Waals surface area contributed by atoms with E-state index in [2.05, 4.69) is 19.2 Å². The Bertz CT molecular complexity index is 1170. The van der Waals surface area contributed by atoms with E-state index < -0.39 is 11.8 Å². The molecule has 6 heteroatoms. The first kappa shape index (κ1) is 21.2. The van der Waals surface area contributed by atoms with Crippen LogP contribution >= 0.6 is 23.2 Å². The summed E-state index contributed by atoms with van der Waals surface area (Å²) in [5.41, 5.74) is 3.40. The standard InChI is InChI=1S/C25H20Cl2N2O2/c1-15(2)16-8-10-20(11-9-16)28-23-22(17-6-4-3-5-7-17)24(30)29(25(23)31)21-13-18(26)12-19(27)14-21/h3-15,28H,1-2H3. The number of amides is 2. The molecule has 1 N–H and O–H groups in total. The molecule has 0 fully saturated rings. The van der Waals surface area contributed by atoms with Gasteiger partial charge in [-0.3, -0.25) is 9.59 Å². The van der Waals surface area contributed by atoms with Crippen LogP contribution in [0.3, 0.4) is 0 Å². The van der Waals surface area contributed by atoms with Crippen molar-refractivity contribution in [1.82, 2.24) is 0 Å². The first-order valence-corrected chi connectivity index (χ1v) is 10.6. The minimum Gasteiger partial charge on any atom is -0.350 e. The van der Waals surface area contributed by atoms with Gasteiger partial charge in [0.2, 0.25) is 0 Å².